The Balaban J connectivity index is 2.93. The SMILES string of the molecule is CCC(C)N(CCOC)c1ccc(CN)c(C)n1. The number of methoxy groups -OCH3 is 1. The lowest BCUT2D eigenvalue weighted by Crippen LogP contribution is -2.36. The van der Waals surface area contributed by atoms with Crippen molar-refractivity contribution < 1.29 is 4.74 Å². The van der Waals surface area contributed by atoms with E-state index in [1.807, 2.05) is 6.92 Å². The summed E-state index contributed by atoms with van der Waals surface area (Å²) in [6.07, 6.45) is 1.09. The van der Waals surface area contributed by atoms with E-state index in [1.54, 1.807) is 7.11 Å². The van der Waals surface area contributed by atoms with Crippen LogP contribution in [-0.4, -0.2) is 31.3 Å². The van der Waals surface area contributed by atoms with Crippen molar-refractivity contribution in [2.75, 3.05) is 25.2 Å². The fraction of sp³-hybridized carbons (Fsp3) is 0.643. The number of nitrogens with two attached hydrogens (primary N) is 1. The molecule has 0 saturated heterocycles. The third-order valence-corrected chi connectivity index (χ3v) is 3.35. The van der Waals surface area contributed by atoms with Crippen LogP contribution in [0.15, 0.2) is 12.1 Å². The van der Waals surface area contributed by atoms with Crippen LogP contribution in [0.2, 0.25) is 0 Å². The molecule has 1 heterocycles. The molecule has 2 N–H and O–H groups in total. The van der Waals surface area contributed by atoms with Gasteiger partial charge in [-0.15, -0.1) is 0 Å². The summed E-state index contributed by atoms with van der Waals surface area (Å²) in [7, 11) is 1.73. The van der Waals surface area contributed by atoms with Crippen LogP contribution in [0, 0.1) is 6.92 Å². The third kappa shape index (κ3) is 3.68. The lowest BCUT2D eigenvalue weighted by molar-refractivity contribution is 0.203. The molecular weight excluding hydrogens is 226 g/mol. The summed E-state index contributed by atoms with van der Waals surface area (Å²) in [5.41, 5.74) is 7.79. The molecule has 0 aliphatic rings. The van der Waals surface area contributed by atoms with E-state index in [0.717, 1.165) is 30.0 Å². The van der Waals surface area contributed by atoms with Crippen molar-refractivity contribution in [3.63, 3.8) is 0 Å². The van der Waals surface area contributed by atoms with Gasteiger partial charge in [-0.25, -0.2) is 4.98 Å². The Kier molecular flexibility index (Phi) is 6.09. The van der Waals surface area contributed by atoms with Crippen molar-refractivity contribution in [1.29, 1.82) is 0 Å². The molecule has 102 valence electrons. The van der Waals surface area contributed by atoms with Crippen LogP contribution in [-0.2, 0) is 11.3 Å². The maximum Gasteiger partial charge on any atom is 0.129 e. The second-order valence-corrected chi connectivity index (χ2v) is 4.56. The van der Waals surface area contributed by atoms with Crippen LogP contribution >= 0.6 is 0 Å². The van der Waals surface area contributed by atoms with Crippen molar-refractivity contribution in [1.82, 2.24) is 4.98 Å². The number of aromatic nitrogens is 1. The van der Waals surface area contributed by atoms with Gasteiger partial charge in [0.25, 0.3) is 0 Å². The fourth-order valence-electron chi connectivity index (χ4n) is 1.92. The van der Waals surface area contributed by atoms with Gasteiger partial charge in [0.1, 0.15) is 5.82 Å². The standard InChI is InChI=1S/C14H25N3O/c1-5-11(2)17(8-9-18-4)14-7-6-13(10-15)12(3)16-14/h6-7,11H,5,8-10,15H2,1-4H3. The predicted molar refractivity (Wildman–Crippen MR) is 75.8 cm³/mol. The zero-order valence-electron chi connectivity index (χ0n) is 11.9. The van der Waals surface area contributed by atoms with E-state index in [-0.39, 0.29) is 0 Å². The highest BCUT2D eigenvalue weighted by atomic mass is 16.5. The maximum atomic E-state index is 5.67. The first kappa shape index (κ1) is 14.9. The molecule has 4 nitrogen and oxygen atoms in total. The Morgan fingerprint density at radius 1 is 1.44 bits per heavy atom. The van der Waals surface area contributed by atoms with E-state index in [1.165, 1.54) is 0 Å². The van der Waals surface area contributed by atoms with Crippen LogP contribution < -0.4 is 10.6 Å². The third-order valence-electron chi connectivity index (χ3n) is 3.35. The summed E-state index contributed by atoms with van der Waals surface area (Å²) in [6, 6.07) is 4.58. The predicted octanol–water partition coefficient (Wildman–Crippen LogP) is 2.10. The summed E-state index contributed by atoms with van der Waals surface area (Å²) in [5.74, 6) is 1.01. The summed E-state index contributed by atoms with van der Waals surface area (Å²) in [4.78, 5) is 6.95. The lowest BCUT2D eigenvalue weighted by Gasteiger charge is -2.30. The average Bonchev–Trinajstić information content (AvgIpc) is 2.39. The van der Waals surface area contributed by atoms with Crippen LogP contribution in [0.5, 0.6) is 0 Å². The molecule has 0 amide bonds. The number of nitrogens with zero attached hydrogens (tertiary/aromatic N) is 2. The molecule has 1 atom stereocenters. The highest BCUT2D eigenvalue weighted by molar-refractivity contribution is 5.42. The Labute approximate surface area is 110 Å². The number of hydrogen-bond donors (Lipinski definition) is 1. The van der Waals surface area contributed by atoms with E-state index in [9.17, 15) is 0 Å². The largest absolute Gasteiger partial charge is 0.383 e. The van der Waals surface area contributed by atoms with Crippen LogP contribution in [0.1, 0.15) is 31.5 Å². The van der Waals surface area contributed by atoms with E-state index < -0.39 is 0 Å². The van der Waals surface area contributed by atoms with Gasteiger partial charge in [-0.05, 0) is 31.9 Å². The smallest absolute Gasteiger partial charge is 0.129 e. The van der Waals surface area contributed by atoms with Gasteiger partial charge in [0, 0.05) is 31.9 Å². The van der Waals surface area contributed by atoms with Gasteiger partial charge in [0.05, 0.1) is 6.61 Å². The Bertz CT molecular complexity index is 368. The van der Waals surface area contributed by atoms with Crippen molar-refractivity contribution in [2.24, 2.45) is 5.73 Å². The molecule has 0 fully saturated rings. The van der Waals surface area contributed by atoms with E-state index >= 15 is 0 Å². The van der Waals surface area contributed by atoms with Gasteiger partial charge in [0.2, 0.25) is 0 Å². The van der Waals surface area contributed by atoms with Gasteiger partial charge in [-0.2, -0.15) is 0 Å². The topological polar surface area (TPSA) is 51.4 Å². The molecule has 1 aromatic heterocycles. The molecule has 0 spiro atoms. The quantitative estimate of drug-likeness (QED) is 0.806. The fourth-order valence-corrected chi connectivity index (χ4v) is 1.92. The molecule has 1 unspecified atom stereocenters. The highest BCUT2D eigenvalue weighted by Gasteiger charge is 2.14. The zero-order valence-corrected chi connectivity index (χ0v) is 11.9. The molecule has 0 aliphatic carbocycles. The van der Waals surface area contributed by atoms with E-state index in [0.29, 0.717) is 19.2 Å². The molecular formula is C14H25N3O. The van der Waals surface area contributed by atoms with E-state index in [4.69, 9.17) is 10.5 Å². The molecule has 0 bridgehead atoms. The first-order valence-corrected chi connectivity index (χ1v) is 6.56. The van der Waals surface area contributed by atoms with Crippen LogP contribution in [0.4, 0.5) is 5.82 Å². The highest BCUT2D eigenvalue weighted by Crippen LogP contribution is 2.18. The molecule has 1 rings (SSSR count). The number of rotatable bonds is 7. The zero-order chi connectivity index (χ0) is 13.5. The van der Waals surface area contributed by atoms with E-state index in [2.05, 4.69) is 35.9 Å². The van der Waals surface area contributed by atoms with Gasteiger partial charge >= 0.3 is 0 Å². The monoisotopic (exact) mass is 251 g/mol. The summed E-state index contributed by atoms with van der Waals surface area (Å²) >= 11 is 0. The minimum atomic E-state index is 0.454. The molecule has 0 aliphatic heterocycles. The first-order valence-electron chi connectivity index (χ1n) is 6.56. The Hall–Kier alpha value is -1.13. The van der Waals surface area contributed by atoms with Gasteiger partial charge in [-0.3, -0.25) is 0 Å². The van der Waals surface area contributed by atoms with Crippen molar-refractivity contribution in [2.45, 2.75) is 39.8 Å². The van der Waals surface area contributed by atoms with Crippen LogP contribution in [0.3, 0.4) is 0 Å². The Morgan fingerprint density at radius 2 is 2.17 bits per heavy atom. The van der Waals surface area contributed by atoms with Crippen molar-refractivity contribution in [3.8, 4) is 0 Å². The molecule has 0 aromatic carbocycles. The Morgan fingerprint density at radius 3 is 2.67 bits per heavy atom. The molecule has 4 heteroatoms. The molecule has 1 aromatic rings. The van der Waals surface area contributed by atoms with Crippen LogP contribution in [0.25, 0.3) is 0 Å². The number of pyridine rings is 1. The molecule has 0 radical (unpaired) electrons. The van der Waals surface area contributed by atoms with Gasteiger partial charge in [-0.1, -0.05) is 13.0 Å². The number of hydrogen-bond acceptors (Lipinski definition) is 4. The summed E-state index contributed by atoms with van der Waals surface area (Å²) < 4.78 is 5.17. The van der Waals surface area contributed by atoms with Gasteiger partial charge < -0.3 is 15.4 Å². The maximum absolute atomic E-state index is 5.67. The average molecular weight is 251 g/mol. The molecule has 0 saturated carbocycles. The molecule has 18 heavy (non-hydrogen) atoms. The number of aryl methyl sites for hydroxylation is 1. The lowest BCUT2D eigenvalue weighted by atomic mass is 10.1. The number of ether oxygens (including phenoxy) is 1. The minimum Gasteiger partial charge on any atom is -0.383 e. The second-order valence-electron chi connectivity index (χ2n) is 4.56. The first-order chi connectivity index (χ1) is 8.63. The van der Waals surface area contributed by atoms with Crippen molar-refractivity contribution >= 4 is 5.82 Å². The minimum absolute atomic E-state index is 0.454. The summed E-state index contributed by atoms with van der Waals surface area (Å²) in [6.45, 7) is 8.52. The second kappa shape index (κ2) is 7.34. The van der Waals surface area contributed by atoms with Crippen molar-refractivity contribution in [3.05, 3.63) is 23.4 Å². The van der Waals surface area contributed by atoms with Gasteiger partial charge in [0.15, 0.2) is 0 Å². The normalized spacial score (nSPS) is 12.5. The number of anilines is 1. The summed E-state index contributed by atoms with van der Waals surface area (Å²) in [5, 5.41) is 0.